The molecule has 154 valence electrons. The maximum absolute atomic E-state index is 13.6. The lowest BCUT2D eigenvalue weighted by molar-refractivity contribution is 0.271. The Bertz CT molecular complexity index is 1300. The van der Waals surface area contributed by atoms with Gasteiger partial charge in [-0.3, -0.25) is 4.79 Å². The van der Waals surface area contributed by atoms with Crippen LogP contribution in [0.5, 0.6) is 0 Å². The van der Waals surface area contributed by atoms with Gasteiger partial charge in [-0.1, -0.05) is 6.92 Å². The number of benzene rings is 1. The number of halogens is 1. The zero-order valence-electron chi connectivity index (χ0n) is 16.6. The number of anilines is 2. The van der Waals surface area contributed by atoms with Gasteiger partial charge < -0.3 is 25.5 Å². The van der Waals surface area contributed by atoms with Gasteiger partial charge in [-0.2, -0.15) is 4.39 Å². The Balaban J connectivity index is 1.55. The van der Waals surface area contributed by atoms with Crippen LogP contribution in [-0.2, 0) is 0 Å². The molecule has 8 nitrogen and oxygen atoms in total. The van der Waals surface area contributed by atoms with Crippen molar-refractivity contribution in [2.75, 3.05) is 43.4 Å². The van der Waals surface area contributed by atoms with Gasteiger partial charge in [0.15, 0.2) is 0 Å². The molecule has 4 N–H and O–H groups in total. The van der Waals surface area contributed by atoms with Crippen molar-refractivity contribution in [1.82, 2.24) is 24.8 Å². The molecule has 4 heterocycles. The highest BCUT2D eigenvalue weighted by molar-refractivity contribution is 5.97. The molecule has 1 aliphatic heterocycles. The predicted octanol–water partition coefficient (Wildman–Crippen LogP) is 2.33. The molecule has 1 aromatic carbocycles. The molecule has 5 rings (SSSR count). The van der Waals surface area contributed by atoms with E-state index in [2.05, 4.69) is 42.7 Å². The van der Waals surface area contributed by atoms with E-state index >= 15 is 0 Å². The van der Waals surface area contributed by atoms with Gasteiger partial charge in [0.25, 0.3) is 5.56 Å². The van der Waals surface area contributed by atoms with Gasteiger partial charge in [0.05, 0.1) is 28.4 Å². The number of piperazine rings is 1. The largest absolute Gasteiger partial charge is 0.397 e. The average molecular weight is 407 g/mol. The van der Waals surface area contributed by atoms with Crippen molar-refractivity contribution in [3.8, 4) is 11.4 Å². The van der Waals surface area contributed by atoms with Crippen LogP contribution in [-0.4, -0.2) is 57.6 Å². The zero-order valence-corrected chi connectivity index (χ0v) is 16.6. The van der Waals surface area contributed by atoms with Gasteiger partial charge >= 0.3 is 0 Å². The molecule has 4 aromatic rings. The molecule has 1 saturated heterocycles. The van der Waals surface area contributed by atoms with Crippen LogP contribution < -0.4 is 16.2 Å². The second-order valence-electron chi connectivity index (χ2n) is 7.50. The van der Waals surface area contributed by atoms with Crippen molar-refractivity contribution in [3.05, 3.63) is 46.8 Å². The summed E-state index contributed by atoms with van der Waals surface area (Å²) in [7, 11) is 0. The smallest absolute Gasteiger partial charge is 0.261 e. The highest BCUT2D eigenvalue weighted by Crippen LogP contribution is 2.29. The summed E-state index contributed by atoms with van der Waals surface area (Å²) in [5, 5.41) is 0.395. The Hall–Kier alpha value is -3.46. The van der Waals surface area contributed by atoms with Crippen LogP contribution in [0, 0.1) is 5.95 Å². The first-order valence-electron chi connectivity index (χ1n) is 9.98. The van der Waals surface area contributed by atoms with Gasteiger partial charge in [0.2, 0.25) is 5.95 Å². The Morgan fingerprint density at radius 3 is 2.70 bits per heavy atom. The monoisotopic (exact) mass is 407 g/mol. The van der Waals surface area contributed by atoms with E-state index in [1.807, 2.05) is 12.1 Å². The number of H-pyrrole nitrogens is 2. The second kappa shape index (κ2) is 7.10. The van der Waals surface area contributed by atoms with E-state index in [1.54, 1.807) is 0 Å². The minimum atomic E-state index is -0.662. The van der Waals surface area contributed by atoms with Crippen LogP contribution in [0.4, 0.5) is 15.8 Å². The van der Waals surface area contributed by atoms with Crippen molar-refractivity contribution >= 4 is 33.3 Å². The number of nitrogens with zero attached hydrogens (tertiary/aromatic N) is 4. The van der Waals surface area contributed by atoms with E-state index in [9.17, 15) is 9.18 Å². The van der Waals surface area contributed by atoms with Crippen LogP contribution in [0.2, 0.25) is 0 Å². The average Bonchev–Trinajstić information content (AvgIpc) is 3.17. The number of aromatic amines is 2. The van der Waals surface area contributed by atoms with Crippen molar-refractivity contribution in [2.45, 2.75) is 6.92 Å². The summed E-state index contributed by atoms with van der Waals surface area (Å²) < 4.78 is 13.6. The zero-order chi connectivity index (χ0) is 20.8. The number of nitrogens with one attached hydrogen (secondary N) is 2. The van der Waals surface area contributed by atoms with Crippen molar-refractivity contribution in [2.24, 2.45) is 0 Å². The summed E-state index contributed by atoms with van der Waals surface area (Å²) in [6, 6.07) is 7.25. The van der Waals surface area contributed by atoms with E-state index in [1.165, 1.54) is 12.3 Å². The highest BCUT2D eigenvalue weighted by atomic mass is 19.1. The number of fused-ring (bicyclic) bond motifs is 2. The fourth-order valence-corrected chi connectivity index (χ4v) is 4.06. The molecule has 1 fully saturated rings. The van der Waals surface area contributed by atoms with Gasteiger partial charge in [-0.25, -0.2) is 9.97 Å². The number of hydrogen-bond donors (Lipinski definition) is 3. The van der Waals surface area contributed by atoms with E-state index < -0.39 is 11.5 Å². The number of nitrogen functional groups attached to an aromatic ring is 1. The number of hydrogen-bond acceptors (Lipinski definition) is 6. The fraction of sp³-hybridized carbons (Fsp3) is 0.286. The Labute approximate surface area is 171 Å². The predicted molar refractivity (Wildman–Crippen MR) is 116 cm³/mol. The molecule has 0 amide bonds. The number of pyridine rings is 2. The normalized spacial score (nSPS) is 15.3. The molecule has 0 aliphatic carbocycles. The van der Waals surface area contributed by atoms with Crippen LogP contribution in [0.15, 0.2) is 35.3 Å². The summed E-state index contributed by atoms with van der Waals surface area (Å²) in [6.07, 6.45) is 1.26. The number of imidazole rings is 1. The quantitative estimate of drug-likeness (QED) is 0.450. The summed E-state index contributed by atoms with van der Waals surface area (Å²) >= 11 is 0. The third-order valence-corrected chi connectivity index (χ3v) is 5.79. The third kappa shape index (κ3) is 3.07. The summed E-state index contributed by atoms with van der Waals surface area (Å²) in [5.74, 6) is -0.305. The summed E-state index contributed by atoms with van der Waals surface area (Å²) in [5.41, 5.74) is 9.24. The minimum absolute atomic E-state index is 0.171. The topological polar surface area (TPSA) is 107 Å². The SMILES string of the molecule is CCN1CCN(c2ccc3[nH]c(-c4c(N)c5cc(F)ncc5[nH]c4=O)nc3c2)CC1. The summed E-state index contributed by atoms with van der Waals surface area (Å²) in [6.45, 7) is 7.25. The maximum Gasteiger partial charge on any atom is 0.261 e. The van der Waals surface area contributed by atoms with Gasteiger partial charge in [0, 0.05) is 43.3 Å². The molecular formula is C21H22FN7O. The molecule has 0 radical (unpaired) electrons. The molecule has 3 aromatic heterocycles. The molecule has 30 heavy (non-hydrogen) atoms. The minimum Gasteiger partial charge on any atom is -0.397 e. The lowest BCUT2D eigenvalue weighted by Gasteiger charge is -2.35. The Kier molecular flexibility index (Phi) is 4.39. The molecule has 0 saturated carbocycles. The fourth-order valence-electron chi connectivity index (χ4n) is 4.06. The first-order chi connectivity index (χ1) is 14.5. The molecule has 0 unspecified atom stereocenters. The lowest BCUT2D eigenvalue weighted by Crippen LogP contribution is -2.46. The molecule has 0 atom stereocenters. The van der Waals surface area contributed by atoms with Crippen molar-refractivity contribution < 1.29 is 4.39 Å². The maximum atomic E-state index is 13.6. The number of aromatic nitrogens is 4. The van der Waals surface area contributed by atoms with Gasteiger partial charge in [0.1, 0.15) is 11.4 Å². The molecule has 0 spiro atoms. The van der Waals surface area contributed by atoms with Gasteiger partial charge in [-0.15, -0.1) is 0 Å². The second-order valence-corrected chi connectivity index (χ2v) is 7.50. The van der Waals surface area contributed by atoms with Crippen LogP contribution in [0.3, 0.4) is 0 Å². The summed E-state index contributed by atoms with van der Waals surface area (Å²) in [4.78, 5) is 31.5. The Morgan fingerprint density at radius 2 is 1.93 bits per heavy atom. The number of likely N-dealkylation sites (N-methyl/N-ethyl adjacent to an activating group) is 1. The van der Waals surface area contributed by atoms with Crippen LogP contribution >= 0.6 is 0 Å². The standard InChI is InChI=1S/C21H22FN7O/c1-2-28-5-7-29(8-6-28)12-3-4-14-15(9-12)26-20(25-14)18-19(23)13-10-17(22)24-11-16(13)27-21(18)30/h3-4,9-11H,2,5-8H2,1H3,(H,25,26)(H3,23,27,30). The van der Waals surface area contributed by atoms with Crippen molar-refractivity contribution in [3.63, 3.8) is 0 Å². The first kappa shape index (κ1) is 18.6. The van der Waals surface area contributed by atoms with Crippen LogP contribution in [0.25, 0.3) is 33.3 Å². The van der Waals surface area contributed by atoms with E-state index in [0.29, 0.717) is 16.7 Å². The van der Waals surface area contributed by atoms with E-state index in [-0.39, 0.29) is 11.3 Å². The van der Waals surface area contributed by atoms with Gasteiger partial charge in [-0.05, 0) is 24.7 Å². The molecule has 0 bridgehead atoms. The lowest BCUT2D eigenvalue weighted by atomic mass is 10.1. The van der Waals surface area contributed by atoms with E-state index in [0.717, 1.165) is 49.4 Å². The third-order valence-electron chi connectivity index (χ3n) is 5.79. The van der Waals surface area contributed by atoms with Crippen molar-refractivity contribution in [1.29, 1.82) is 0 Å². The number of nitrogens with two attached hydrogens (primary N) is 1. The molecule has 1 aliphatic rings. The molecular weight excluding hydrogens is 385 g/mol. The van der Waals surface area contributed by atoms with Crippen LogP contribution in [0.1, 0.15) is 6.92 Å². The highest BCUT2D eigenvalue weighted by Gasteiger charge is 2.19. The Morgan fingerprint density at radius 1 is 1.13 bits per heavy atom. The van der Waals surface area contributed by atoms with E-state index in [4.69, 9.17) is 5.73 Å². The number of rotatable bonds is 3. The molecule has 9 heteroatoms. The first-order valence-corrected chi connectivity index (χ1v) is 9.98.